The molecule has 0 unspecified atom stereocenters. The fourth-order valence-electron chi connectivity index (χ4n) is 2.67. The predicted octanol–water partition coefficient (Wildman–Crippen LogP) is 5.05. The maximum atomic E-state index is 12.6. The highest BCUT2D eigenvalue weighted by Gasteiger charge is 2.17. The molecule has 3 aromatic carbocycles. The zero-order chi connectivity index (χ0) is 16.8. The number of carbonyl (C=O) groups is 1. The fraction of sp³-hybridized carbons (Fsp3) is 0.0952. The normalized spacial score (nSPS) is 11.7. The molecule has 1 atom stereocenters. The molecule has 0 spiro atoms. The Labute approximate surface area is 147 Å². The van der Waals surface area contributed by atoms with E-state index in [1.807, 2.05) is 60.7 Å². The van der Waals surface area contributed by atoms with Gasteiger partial charge >= 0.3 is 0 Å². The zero-order valence-electron chi connectivity index (χ0n) is 13.2. The van der Waals surface area contributed by atoms with Crippen molar-refractivity contribution in [2.45, 2.75) is 12.5 Å². The first-order valence-corrected chi connectivity index (χ1v) is 8.26. The molecule has 0 saturated heterocycles. The molecule has 0 saturated carbocycles. The summed E-state index contributed by atoms with van der Waals surface area (Å²) in [7, 11) is 0. The Balaban J connectivity index is 1.85. The molecule has 3 aromatic rings. The number of hydrogen-bond donors (Lipinski definition) is 1. The van der Waals surface area contributed by atoms with Crippen LogP contribution in [0.2, 0.25) is 5.02 Å². The van der Waals surface area contributed by atoms with Crippen LogP contribution in [-0.2, 0) is 6.42 Å². The topological polar surface area (TPSA) is 29.1 Å². The lowest BCUT2D eigenvalue weighted by Crippen LogP contribution is -2.30. The summed E-state index contributed by atoms with van der Waals surface area (Å²) in [5, 5.41) is 3.58. The maximum Gasteiger partial charge on any atom is 0.253 e. The van der Waals surface area contributed by atoms with Crippen LogP contribution in [0, 0.1) is 0 Å². The third-order valence-electron chi connectivity index (χ3n) is 3.91. The molecule has 2 nitrogen and oxygen atoms in total. The molecule has 24 heavy (non-hydrogen) atoms. The van der Waals surface area contributed by atoms with E-state index in [0.717, 1.165) is 12.0 Å². The summed E-state index contributed by atoms with van der Waals surface area (Å²) >= 11 is 6.15. The van der Waals surface area contributed by atoms with Crippen LogP contribution in [0.25, 0.3) is 0 Å². The van der Waals surface area contributed by atoms with Crippen molar-refractivity contribution in [1.82, 2.24) is 5.32 Å². The van der Waals surface area contributed by atoms with Gasteiger partial charge in [0.25, 0.3) is 5.91 Å². The van der Waals surface area contributed by atoms with Crippen LogP contribution in [0.1, 0.15) is 27.5 Å². The van der Waals surface area contributed by atoms with E-state index in [-0.39, 0.29) is 11.9 Å². The number of halogens is 1. The summed E-state index contributed by atoms with van der Waals surface area (Å²) in [6.07, 6.45) is 0.723. The molecular formula is C21H18ClNO. The lowest BCUT2D eigenvalue weighted by Gasteiger charge is -2.20. The van der Waals surface area contributed by atoms with Crippen molar-refractivity contribution in [3.63, 3.8) is 0 Å². The summed E-state index contributed by atoms with van der Waals surface area (Å²) in [4.78, 5) is 12.6. The Hall–Kier alpha value is -2.58. The third-order valence-corrected chi connectivity index (χ3v) is 4.24. The molecule has 1 amide bonds. The third kappa shape index (κ3) is 4.03. The first kappa shape index (κ1) is 16.3. The van der Waals surface area contributed by atoms with Gasteiger partial charge in [-0.2, -0.15) is 0 Å². The Morgan fingerprint density at radius 3 is 2.08 bits per heavy atom. The average molecular weight is 336 g/mol. The minimum absolute atomic E-state index is 0.114. The second-order valence-corrected chi connectivity index (χ2v) is 6.01. The van der Waals surface area contributed by atoms with Crippen LogP contribution < -0.4 is 5.32 Å². The van der Waals surface area contributed by atoms with Crippen LogP contribution in [0.5, 0.6) is 0 Å². The van der Waals surface area contributed by atoms with Crippen LogP contribution in [0.3, 0.4) is 0 Å². The van der Waals surface area contributed by atoms with Crippen LogP contribution in [0.15, 0.2) is 84.9 Å². The van der Waals surface area contributed by atoms with E-state index in [0.29, 0.717) is 10.6 Å². The van der Waals surface area contributed by atoms with Crippen molar-refractivity contribution < 1.29 is 4.79 Å². The van der Waals surface area contributed by atoms with Crippen LogP contribution >= 0.6 is 11.6 Å². The molecule has 0 aromatic heterocycles. The summed E-state index contributed by atoms with van der Waals surface area (Å²) in [6, 6.07) is 27.1. The number of benzene rings is 3. The summed E-state index contributed by atoms with van der Waals surface area (Å²) < 4.78 is 0. The fourth-order valence-corrected chi connectivity index (χ4v) is 2.89. The van der Waals surface area contributed by atoms with Crippen LogP contribution in [-0.4, -0.2) is 5.91 Å². The van der Waals surface area contributed by atoms with Gasteiger partial charge in [-0.05, 0) is 29.7 Å². The van der Waals surface area contributed by atoms with Crippen molar-refractivity contribution in [1.29, 1.82) is 0 Å². The Morgan fingerprint density at radius 2 is 1.42 bits per heavy atom. The lowest BCUT2D eigenvalue weighted by atomic mass is 9.98. The van der Waals surface area contributed by atoms with E-state index in [9.17, 15) is 4.79 Å². The Kier molecular flexibility index (Phi) is 5.29. The Morgan fingerprint density at radius 1 is 0.833 bits per heavy atom. The smallest absolute Gasteiger partial charge is 0.253 e. The predicted molar refractivity (Wildman–Crippen MR) is 98.2 cm³/mol. The zero-order valence-corrected chi connectivity index (χ0v) is 13.9. The second kappa shape index (κ2) is 7.80. The van der Waals surface area contributed by atoms with Crippen molar-refractivity contribution in [3.8, 4) is 0 Å². The lowest BCUT2D eigenvalue weighted by molar-refractivity contribution is 0.0936. The number of carbonyl (C=O) groups excluding carboxylic acids is 1. The molecule has 0 aliphatic rings. The highest BCUT2D eigenvalue weighted by atomic mass is 35.5. The molecule has 0 aliphatic heterocycles. The largest absolute Gasteiger partial charge is 0.345 e. The van der Waals surface area contributed by atoms with Gasteiger partial charge in [-0.25, -0.2) is 0 Å². The van der Waals surface area contributed by atoms with Crippen LogP contribution in [0.4, 0.5) is 0 Å². The van der Waals surface area contributed by atoms with Crippen molar-refractivity contribution in [3.05, 3.63) is 107 Å². The molecular weight excluding hydrogens is 318 g/mol. The van der Waals surface area contributed by atoms with Gasteiger partial charge < -0.3 is 5.32 Å². The molecule has 0 bridgehead atoms. The molecule has 0 radical (unpaired) electrons. The molecule has 3 heteroatoms. The summed E-state index contributed by atoms with van der Waals surface area (Å²) in [5.74, 6) is -0.162. The SMILES string of the molecule is O=C(N[C@@H](Cc1ccccc1)c1ccccc1)c1ccccc1Cl. The van der Waals surface area contributed by atoms with Gasteiger partial charge in [0.15, 0.2) is 0 Å². The van der Waals surface area contributed by atoms with Gasteiger partial charge in [0.2, 0.25) is 0 Å². The first-order chi connectivity index (χ1) is 11.7. The number of amides is 1. The summed E-state index contributed by atoms with van der Waals surface area (Å²) in [6.45, 7) is 0. The molecule has 120 valence electrons. The summed E-state index contributed by atoms with van der Waals surface area (Å²) in [5.41, 5.74) is 2.74. The van der Waals surface area contributed by atoms with E-state index >= 15 is 0 Å². The van der Waals surface area contributed by atoms with Crippen molar-refractivity contribution in [2.24, 2.45) is 0 Å². The second-order valence-electron chi connectivity index (χ2n) is 5.61. The quantitative estimate of drug-likeness (QED) is 0.694. The molecule has 0 fully saturated rings. The van der Waals surface area contributed by atoms with E-state index in [2.05, 4.69) is 17.4 Å². The maximum absolute atomic E-state index is 12.6. The highest BCUT2D eigenvalue weighted by Crippen LogP contribution is 2.21. The molecule has 0 heterocycles. The molecule has 0 aliphatic carbocycles. The standard InChI is InChI=1S/C21H18ClNO/c22-19-14-8-7-13-18(19)21(24)23-20(17-11-5-2-6-12-17)15-16-9-3-1-4-10-16/h1-14,20H,15H2,(H,23,24)/t20-/m0/s1. The monoisotopic (exact) mass is 335 g/mol. The van der Waals surface area contributed by atoms with Gasteiger partial charge in [-0.15, -0.1) is 0 Å². The minimum Gasteiger partial charge on any atom is -0.345 e. The van der Waals surface area contributed by atoms with E-state index in [1.54, 1.807) is 12.1 Å². The van der Waals surface area contributed by atoms with Gasteiger partial charge in [0, 0.05) is 0 Å². The van der Waals surface area contributed by atoms with Crippen molar-refractivity contribution >= 4 is 17.5 Å². The number of hydrogen-bond acceptors (Lipinski definition) is 1. The highest BCUT2D eigenvalue weighted by molar-refractivity contribution is 6.33. The average Bonchev–Trinajstić information content (AvgIpc) is 2.63. The van der Waals surface area contributed by atoms with Crippen molar-refractivity contribution in [2.75, 3.05) is 0 Å². The Bertz CT molecular complexity index is 802. The van der Waals surface area contributed by atoms with Gasteiger partial charge in [0.05, 0.1) is 16.6 Å². The van der Waals surface area contributed by atoms with E-state index < -0.39 is 0 Å². The first-order valence-electron chi connectivity index (χ1n) is 7.88. The van der Waals surface area contributed by atoms with Gasteiger partial charge in [-0.1, -0.05) is 84.4 Å². The van der Waals surface area contributed by atoms with E-state index in [4.69, 9.17) is 11.6 Å². The number of nitrogens with one attached hydrogen (secondary N) is 1. The van der Waals surface area contributed by atoms with E-state index in [1.165, 1.54) is 5.56 Å². The minimum atomic E-state index is -0.162. The molecule has 1 N–H and O–H groups in total. The van der Waals surface area contributed by atoms with Gasteiger partial charge in [0.1, 0.15) is 0 Å². The number of rotatable bonds is 5. The van der Waals surface area contributed by atoms with Gasteiger partial charge in [-0.3, -0.25) is 4.79 Å². The molecule has 3 rings (SSSR count).